The van der Waals surface area contributed by atoms with Crippen LogP contribution in [0.15, 0.2) is 90.2 Å². The highest BCUT2D eigenvalue weighted by atomic mass is 19.4. The quantitative estimate of drug-likeness (QED) is 0.194. The molecule has 0 atom stereocenters. The van der Waals surface area contributed by atoms with Crippen LogP contribution in [-0.2, 0) is 26.9 Å². The summed E-state index contributed by atoms with van der Waals surface area (Å²) in [7, 11) is 0. The van der Waals surface area contributed by atoms with E-state index in [0.717, 1.165) is 33.6 Å². The largest absolute Gasteiger partial charge is 0.455 e. The number of alkyl halides is 3. The van der Waals surface area contributed by atoms with E-state index in [0.29, 0.717) is 12.0 Å². The van der Waals surface area contributed by atoms with Crippen molar-refractivity contribution in [2.75, 3.05) is 11.6 Å². The molecular weight excluding hydrogens is 471 g/mol. The van der Waals surface area contributed by atoms with Crippen LogP contribution in [0, 0.1) is 0 Å². The van der Waals surface area contributed by atoms with E-state index in [4.69, 9.17) is 4.74 Å². The summed E-state index contributed by atoms with van der Waals surface area (Å²) in [5.74, 6) is -1.40. The van der Waals surface area contributed by atoms with Gasteiger partial charge < -0.3 is 9.72 Å². The number of nitrogens with zero attached hydrogens (tertiary/aromatic N) is 2. The molecule has 0 radical (unpaired) electrons. The Morgan fingerprint density at radius 1 is 0.972 bits per heavy atom. The minimum Gasteiger partial charge on any atom is -0.455 e. The lowest BCUT2D eigenvalue weighted by atomic mass is 10.1. The lowest BCUT2D eigenvalue weighted by Gasteiger charge is -2.18. The number of amides is 1. The molecule has 0 bridgehead atoms. The lowest BCUT2D eigenvalue weighted by Crippen LogP contribution is -2.31. The predicted octanol–water partition coefficient (Wildman–Crippen LogP) is 5.73. The van der Waals surface area contributed by atoms with Crippen molar-refractivity contribution in [2.24, 2.45) is 5.10 Å². The first-order valence-corrected chi connectivity index (χ1v) is 11.1. The van der Waals surface area contributed by atoms with E-state index in [1.807, 2.05) is 30.5 Å². The lowest BCUT2D eigenvalue weighted by molar-refractivity contribution is -0.147. The van der Waals surface area contributed by atoms with Crippen molar-refractivity contribution in [3.63, 3.8) is 0 Å². The highest BCUT2D eigenvalue weighted by Crippen LogP contribution is 2.32. The Morgan fingerprint density at radius 3 is 2.50 bits per heavy atom. The van der Waals surface area contributed by atoms with Gasteiger partial charge in [0.05, 0.1) is 17.5 Å². The number of aromatic amines is 1. The van der Waals surface area contributed by atoms with Crippen LogP contribution in [0.4, 0.5) is 18.9 Å². The number of hydrogen-bond acceptors (Lipinski definition) is 4. The number of anilines is 1. The number of halogens is 3. The number of rotatable bonds is 8. The number of nitrogens with one attached hydrogen (secondary N) is 1. The number of H-pyrrole nitrogens is 1. The zero-order valence-corrected chi connectivity index (χ0v) is 19.0. The number of fused-ring (bicyclic) bond motifs is 1. The second-order valence-corrected chi connectivity index (χ2v) is 7.93. The maximum absolute atomic E-state index is 13.2. The molecule has 0 saturated heterocycles. The molecule has 0 spiro atoms. The van der Waals surface area contributed by atoms with Crippen LogP contribution in [0.25, 0.3) is 10.9 Å². The molecule has 1 aromatic heterocycles. The van der Waals surface area contributed by atoms with Gasteiger partial charge in [0.25, 0.3) is 5.91 Å². The van der Waals surface area contributed by atoms with Crippen LogP contribution >= 0.6 is 0 Å². The van der Waals surface area contributed by atoms with Crippen LogP contribution in [0.1, 0.15) is 23.1 Å². The summed E-state index contributed by atoms with van der Waals surface area (Å²) in [6.45, 7) is -0.672. The highest BCUT2D eigenvalue weighted by Gasteiger charge is 2.31. The Bertz CT molecular complexity index is 1380. The fourth-order valence-corrected chi connectivity index (χ4v) is 3.60. The minimum atomic E-state index is -4.59. The molecular formula is C27H22F3N3O3. The summed E-state index contributed by atoms with van der Waals surface area (Å²) < 4.78 is 44.8. The first-order valence-electron chi connectivity index (χ1n) is 11.1. The first kappa shape index (κ1) is 24.7. The van der Waals surface area contributed by atoms with Gasteiger partial charge in [0.15, 0.2) is 6.61 Å². The van der Waals surface area contributed by atoms with E-state index in [2.05, 4.69) is 10.1 Å². The van der Waals surface area contributed by atoms with Crippen molar-refractivity contribution in [1.29, 1.82) is 0 Å². The average molecular weight is 493 g/mol. The number of aromatic nitrogens is 1. The van der Waals surface area contributed by atoms with Crippen molar-refractivity contribution >= 4 is 34.7 Å². The molecule has 0 unspecified atom stereocenters. The molecule has 0 aliphatic rings. The van der Waals surface area contributed by atoms with Crippen LogP contribution in [0.5, 0.6) is 0 Å². The summed E-state index contributed by atoms with van der Waals surface area (Å²) in [5, 5.41) is 5.88. The maximum atomic E-state index is 13.2. The maximum Gasteiger partial charge on any atom is 0.416 e. The van der Waals surface area contributed by atoms with E-state index in [1.165, 1.54) is 18.3 Å². The van der Waals surface area contributed by atoms with Gasteiger partial charge in [0, 0.05) is 23.5 Å². The van der Waals surface area contributed by atoms with Gasteiger partial charge in [-0.25, -0.2) is 0 Å². The Kier molecular flexibility index (Phi) is 7.48. The SMILES string of the molecule is O=C(CCc1c[nH]c2ccccc12)OCC(=O)N(N=Cc1ccccc1)c1cccc(C(F)(F)F)c1. The molecule has 3 aromatic carbocycles. The number of aryl methyl sites for hydroxylation is 1. The summed E-state index contributed by atoms with van der Waals surface area (Å²) in [4.78, 5) is 28.3. The summed E-state index contributed by atoms with van der Waals surface area (Å²) in [6.07, 6.45) is -0.997. The Morgan fingerprint density at radius 2 is 1.72 bits per heavy atom. The molecule has 1 heterocycles. The number of hydrazone groups is 1. The first-order chi connectivity index (χ1) is 17.3. The second-order valence-electron chi connectivity index (χ2n) is 7.93. The van der Waals surface area contributed by atoms with Crippen LogP contribution in [-0.4, -0.2) is 29.7 Å². The van der Waals surface area contributed by atoms with E-state index in [1.54, 1.807) is 30.3 Å². The highest BCUT2D eigenvalue weighted by molar-refractivity contribution is 5.96. The third-order valence-corrected chi connectivity index (χ3v) is 5.41. The molecule has 0 aliphatic heterocycles. The molecule has 9 heteroatoms. The molecule has 1 N–H and O–H groups in total. The smallest absolute Gasteiger partial charge is 0.416 e. The summed E-state index contributed by atoms with van der Waals surface area (Å²) in [5.41, 5.74) is 1.49. The number of esters is 1. The standard InChI is InChI=1S/C27H22F3N3O3/c28-27(29,30)21-9-6-10-22(15-21)33(32-16-19-7-2-1-3-8-19)25(34)18-36-26(35)14-13-20-17-31-24-12-5-4-11-23(20)24/h1-12,15-17,31H,13-14,18H2. The topological polar surface area (TPSA) is 74.8 Å². The summed E-state index contributed by atoms with van der Waals surface area (Å²) in [6, 6.07) is 20.7. The van der Waals surface area contributed by atoms with Crippen molar-refractivity contribution in [3.8, 4) is 0 Å². The average Bonchev–Trinajstić information content (AvgIpc) is 3.30. The van der Waals surface area contributed by atoms with Gasteiger partial charge in [-0.1, -0.05) is 54.6 Å². The molecule has 0 saturated carbocycles. The zero-order valence-electron chi connectivity index (χ0n) is 19.0. The minimum absolute atomic E-state index is 0.0337. The molecule has 184 valence electrons. The van der Waals surface area contributed by atoms with E-state index >= 15 is 0 Å². The number of carbonyl (C=O) groups is 2. The Hall–Kier alpha value is -4.40. The Balaban J connectivity index is 1.45. The molecule has 4 rings (SSSR count). The van der Waals surface area contributed by atoms with Gasteiger partial charge in [-0.15, -0.1) is 0 Å². The summed E-state index contributed by atoms with van der Waals surface area (Å²) >= 11 is 0. The van der Waals surface area contributed by atoms with Gasteiger partial charge >= 0.3 is 12.1 Å². The molecule has 4 aromatic rings. The van der Waals surface area contributed by atoms with Gasteiger partial charge in [-0.2, -0.15) is 23.3 Å². The van der Waals surface area contributed by atoms with Gasteiger partial charge in [0.2, 0.25) is 0 Å². The van der Waals surface area contributed by atoms with Gasteiger partial charge in [0.1, 0.15) is 0 Å². The van der Waals surface area contributed by atoms with Crippen molar-refractivity contribution < 1.29 is 27.5 Å². The number of hydrogen-bond donors (Lipinski definition) is 1. The third kappa shape index (κ3) is 6.18. The number of ether oxygens (including phenoxy) is 1. The van der Waals surface area contributed by atoms with Crippen LogP contribution in [0.2, 0.25) is 0 Å². The third-order valence-electron chi connectivity index (χ3n) is 5.41. The zero-order chi connectivity index (χ0) is 25.5. The molecule has 0 fully saturated rings. The van der Waals surface area contributed by atoms with Crippen molar-refractivity contribution in [2.45, 2.75) is 19.0 Å². The molecule has 6 nitrogen and oxygen atoms in total. The van der Waals surface area contributed by atoms with Crippen molar-refractivity contribution in [1.82, 2.24) is 4.98 Å². The van der Waals surface area contributed by atoms with Crippen LogP contribution < -0.4 is 5.01 Å². The van der Waals surface area contributed by atoms with E-state index in [9.17, 15) is 22.8 Å². The second kappa shape index (κ2) is 10.9. The van der Waals surface area contributed by atoms with Crippen molar-refractivity contribution in [3.05, 3.63) is 102 Å². The van der Waals surface area contributed by atoms with Crippen LogP contribution in [0.3, 0.4) is 0 Å². The fourth-order valence-electron chi connectivity index (χ4n) is 3.60. The van der Waals surface area contributed by atoms with Gasteiger partial charge in [-0.05, 0) is 41.8 Å². The van der Waals surface area contributed by atoms with E-state index < -0.39 is 30.2 Å². The van der Waals surface area contributed by atoms with Gasteiger partial charge in [-0.3, -0.25) is 9.59 Å². The fraction of sp³-hybridized carbons (Fsp3) is 0.148. The molecule has 1 amide bonds. The molecule has 36 heavy (non-hydrogen) atoms. The Labute approximate surface area is 205 Å². The number of carbonyl (C=O) groups excluding carboxylic acids is 2. The molecule has 0 aliphatic carbocycles. The monoisotopic (exact) mass is 493 g/mol. The normalized spacial score (nSPS) is 11.6. The van der Waals surface area contributed by atoms with E-state index in [-0.39, 0.29) is 12.1 Å². The number of para-hydroxylation sites is 1. The number of benzene rings is 3. The predicted molar refractivity (Wildman–Crippen MR) is 131 cm³/mol.